The van der Waals surface area contributed by atoms with Gasteiger partial charge in [0.15, 0.2) is 5.76 Å². The Bertz CT molecular complexity index is 1170. The molecule has 0 radical (unpaired) electrons. The minimum atomic E-state index is -1.11. The van der Waals surface area contributed by atoms with Crippen molar-refractivity contribution < 1.29 is 14.0 Å². The van der Waals surface area contributed by atoms with Gasteiger partial charge in [0.1, 0.15) is 16.9 Å². The maximum absolute atomic E-state index is 13.9. The van der Waals surface area contributed by atoms with Crippen LogP contribution in [-0.4, -0.2) is 33.2 Å². The SMILES string of the molecule is Cc1cccc(N2C(=O)c3cc(-c4ccco4)nn3C[C@]2(C)C(=O)NC2CCCC2)c1C. The number of hydrogen-bond donors (Lipinski definition) is 1. The Morgan fingerprint density at radius 2 is 1.97 bits per heavy atom. The normalized spacial score (nSPS) is 21.1. The van der Waals surface area contributed by atoms with Crippen molar-refractivity contribution in [3.8, 4) is 11.5 Å². The number of aromatic nitrogens is 2. The molecule has 2 aromatic heterocycles. The van der Waals surface area contributed by atoms with Crippen LogP contribution in [-0.2, 0) is 11.3 Å². The first kappa shape index (κ1) is 20.5. The Kier molecular flexibility index (Phi) is 4.92. The zero-order valence-electron chi connectivity index (χ0n) is 18.7. The molecule has 3 aromatic rings. The predicted octanol–water partition coefficient (Wildman–Crippen LogP) is 4.24. The number of benzene rings is 1. The van der Waals surface area contributed by atoms with Crippen molar-refractivity contribution in [2.75, 3.05) is 4.90 Å². The molecule has 1 N–H and O–H groups in total. The third-order valence-electron chi connectivity index (χ3n) is 6.92. The summed E-state index contributed by atoms with van der Waals surface area (Å²) in [4.78, 5) is 29.2. The highest BCUT2D eigenvalue weighted by Gasteiger charge is 2.49. The van der Waals surface area contributed by atoms with E-state index in [9.17, 15) is 9.59 Å². The second kappa shape index (κ2) is 7.65. The zero-order chi connectivity index (χ0) is 22.5. The predicted molar refractivity (Wildman–Crippen MR) is 121 cm³/mol. The van der Waals surface area contributed by atoms with Gasteiger partial charge >= 0.3 is 0 Å². The van der Waals surface area contributed by atoms with Crippen LogP contribution < -0.4 is 10.2 Å². The molecule has 1 atom stereocenters. The van der Waals surface area contributed by atoms with Crippen LogP contribution in [0.15, 0.2) is 47.1 Å². The molecule has 5 rings (SSSR count). The summed E-state index contributed by atoms with van der Waals surface area (Å²) in [5.41, 5.74) is 2.73. The van der Waals surface area contributed by atoms with Crippen LogP contribution in [0, 0.1) is 13.8 Å². The molecule has 1 saturated carbocycles. The van der Waals surface area contributed by atoms with E-state index < -0.39 is 5.54 Å². The summed E-state index contributed by atoms with van der Waals surface area (Å²) >= 11 is 0. The molecular weight excluding hydrogens is 404 g/mol. The maximum Gasteiger partial charge on any atom is 0.277 e. The molecule has 2 amide bonds. The summed E-state index contributed by atoms with van der Waals surface area (Å²) in [6.07, 6.45) is 5.79. The zero-order valence-corrected chi connectivity index (χ0v) is 18.7. The fraction of sp³-hybridized carbons (Fsp3) is 0.400. The lowest BCUT2D eigenvalue weighted by Gasteiger charge is -2.44. The Morgan fingerprint density at radius 1 is 1.19 bits per heavy atom. The van der Waals surface area contributed by atoms with E-state index in [-0.39, 0.29) is 24.4 Å². The number of furan rings is 1. The van der Waals surface area contributed by atoms with Gasteiger partial charge in [0.05, 0.1) is 12.8 Å². The van der Waals surface area contributed by atoms with Crippen LogP contribution in [0.2, 0.25) is 0 Å². The Hall–Kier alpha value is -3.35. The number of carbonyl (C=O) groups is 2. The van der Waals surface area contributed by atoms with Gasteiger partial charge in [0.2, 0.25) is 5.91 Å². The lowest BCUT2D eigenvalue weighted by Crippen LogP contribution is -2.65. The molecule has 0 bridgehead atoms. The number of anilines is 1. The Balaban J connectivity index is 1.61. The fourth-order valence-electron chi connectivity index (χ4n) is 4.89. The van der Waals surface area contributed by atoms with E-state index >= 15 is 0 Å². The Morgan fingerprint density at radius 3 is 2.69 bits per heavy atom. The smallest absolute Gasteiger partial charge is 0.277 e. The van der Waals surface area contributed by atoms with Crippen LogP contribution in [0.5, 0.6) is 0 Å². The van der Waals surface area contributed by atoms with Gasteiger partial charge in [0, 0.05) is 17.8 Å². The molecule has 0 saturated heterocycles. The summed E-state index contributed by atoms with van der Waals surface area (Å²) in [5, 5.41) is 7.83. The average Bonchev–Trinajstić information content (AvgIpc) is 3.52. The Labute approximate surface area is 187 Å². The fourth-order valence-corrected chi connectivity index (χ4v) is 4.89. The maximum atomic E-state index is 13.9. The number of carbonyl (C=O) groups excluding carboxylic acids is 2. The molecule has 7 heteroatoms. The van der Waals surface area contributed by atoms with Crippen molar-refractivity contribution in [1.29, 1.82) is 0 Å². The number of nitrogens with one attached hydrogen (secondary N) is 1. The van der Waals surface area contributed by atoms with Gasteiger partial charge in [-0.25, -0.2) is 0 Å². The quantitative estimate of drug-likeness (QED) is 0.669. The second-order valence-electron chi connectivity index (χ2n) is 9.14. The van der Waals surface area contributed by atoms with Crippen LogP contribution in [0.1, 0.15) is 54.2 Å². The van der Waals surface area contributed by atoms with E-state index in [0.29, 0.717) is 17.1 Å². The number of amides is 2. The van der Waals surface area contributed by atoms with Gasteiger partial charge in [-0.05, 0) is 62.9 Å². The highest BCUT2D eigenvalue weighted by Crippen LogP contribution is 2.37. The largest absolute Gasteiger partial charge is 0.463 e. The topological polar surface area (TPSA) is 80.4 Å². The number of fused-ring (bicyclic) bond motifs is 1. The first-order chi connectivity index (χ1) is 15.4. The third-order valence-corrected chi connectivity index (χ3v) is 6.92. The van der Waals surface area contributed by atoms with Crippen molar-refractivity contribution in [3.63, 3.8) is 0 Å². The molecule has 166 valence electrons. The summed E-state index contributed by atoms with van der Waals surface area (Å²) in [6.45, 7) is 6.12. The van der Waals surface area contributed by atoms with E-state index in [0.717, 1.165) is 42.5 Å². The molecule has 1 fully saturated rings. The van der Waals surface area contributed by atoms with Crippen molar-refractivity contribution in [2.24, 2.45) is 0 Å². The number of rotatable bonds is 4. The summed E-state index contributed by atoms with van der Waals surface area (Å²) in [6, 6.07) is 11.4. The van der Waals surface area contributed by atoms with Crippen LogP contribution in [0.3, 0.4) is 0 Å². The first-order valence-corrected chi connectivity index (χ1v) is 11.2. The van der Waals surface area contributed by atoms with Gasteiger partial charge in [-0.15, -0.1) is 0 Å². The lowest BCUT2D eigenvalue weighted by atomic mass is 9.92. The summed E-state index contributed by atoms with van der Waals surface area (Å²) in [5.74, 6) is 0.216. The van der Waals surface area contributed by atoms with E-state index in [2.05, 4.69) is 10.4 Å². The van der Waals surface area contributed by atoms with E-state index in [4.69, 9.17) is 4.42 Å². The molecule has 7 nitrogen and oxygen atoms in total. The van der Waals surface area contributed by atoms with Crippen molar-refractivity contribution in [1.82, 2.24) is 15.1 Å². The van der Waals surface area contributed by atoms with E-state index in [1.807, 2.05) is 45.0 Å². The molecule has 1 aliphatic heterocycles. The molecule has 2 aliphatic rings. The average molecular weight is 433 g/mol. The van der Waals surface area contributed by atoms with Gasteiger partial charge < -0.3 is 9.73 Å². The standard InChI is InChI=1S/C25H28N4O3/c1-16-8-6-11-20(17(16)2)29-23(30)21-14-19(22-12-7-13-32-22)27-28(21)15-25(29,3)24(31)26-18-9-4-5-10-18/h6-8,11-14,18H,4-5,9-10,15H2,1-3H3,(H,26,31)/t25-/m1/s1. The van der Waals surface area contributed by atoms with Crippen LogP contribution in [0.4, 0.5) is 5.69 Å². The molecule has 0 unspecified atom stereocenters. The number of nitrogens with zero attached hydrogens (tertiary/aromatic N) is 3. The molecule has 0 spiro atoms. The van der Waals surface area contributed by atoms with Gasteiger partial charge in [-0.2, -0.15) is 5.10 Å². The monoisotopic (exact) mass is 432 g/mol. The molecule has 3 heterocycles. The van der Waals surface area contributed by atoms with E-state index in [1.165, 1.54) is 0 Å². The number of aryl methyl sites for hydroxylation is 1. The second-order valence-corrected chi connectivity index (χ2v) is 9.14. The third kappa shape index (κ3) is 3.23. The van der Waals surface area contributed by atoms with E-state index in [1.54, 1.807) is 28.0 Å². The number of hydrogen-bond acceptors (Lipinski definition) is 4. The summed E-state index contributed by atoms with van der Waals surface area (Å²) < 4.78 is 7.14. The minimum Gasteiger partial charge on any atom is -0.463 e. The van der Waals surface area contributed by atoms with Crippen molar-refractivity contribution >= 4 is 17.5 Å². The minimum absolute atomic E-state index is 0.139. The van der Waals surface area contributed by atoms with Gasteiger partial charge in [-0.3, -0.25) is 19.2 Å². The van der Waals surface area contributed by atoms with Crippen LogP contribution in [0.25, 0.3) is 11.5 Å². The van der Waals surface area contributed by atoms with Gasteiger partial charge in [-0.1, -0.05) is 25.0 Å². The van der Waals surface area contributed by atoms with Crippen molar-refractivity contribution in [3.05, 3.63) is 59.5 Å². The van der Waals surface area contributed by atoms with Crippen LogP contribution >= 0.6 is 0 Å². The van der Waals surface area contributed by atoms with Gasteiger partial charge in [0.25, 0.3) is 5.91 Å². The van der Waals surface area contributed by atoms with Crippen molar-refractivity contribution in [2.45, 2.75) is 64.6 Å². The lowest BCUT2D eigenvalue weighted by molar-refractivity contribution is -0.127. The molecule has 32 heavy (non-hydrogen) atoms. The molecule has 1 aromatic carbocycles. The molecule has 1 aliphatic carbocycles. The summed E-state index contributed by atoms with van der Waals surface area (Å²) in [7, 11) is 0. The molecular formula is C25H28N4O3. The highest BCUT2D eigenvalue weighted by atomic mass is 16.3. The highest BCUT2D eigenvalue weighted by molar-refractivity contribution is 6.12. The first-order valence-electron chi connectivity index (χ1n) is 11.2.